The predicted octanol–water partition coefficient (Wildman–Crippen LogP) is 1.29. The van der Waals surface area contributed by atoms with Gasteiger partial charge in [-0.05, 0) is 12.5 Å². The van der Waals surface area contributed by atoms with Crippen LogP contribution in [0.25, 0.3) is 0 Å². The molecule has 1 aliphatic heterocycles. The largest absolute Gasteiger partial charge is 0.409 e. The molecular weight excluding hydrogens is 274 g/mol. The Hall–Kier alpha value is -1.69. The molecule has 1 fully saturated rings. The van der Waals surface area contributed by atoms with Crippen LogP contribution in [0, 0.1) is 0 Å². The maximum atomic E-state index is 12.3. The second kappa shape index (κ2) is 6.65. The summed E-state index contributed by atoms with van der Waals surface area (Å²) in [5, 5.41) is 11.6. The first-order chi connectivity index (χ1) is 9.61. The number of benzene rings is 1. The number of carbonyl (C=O) groups excluding carboxylic acids is 1. The average Bonchev–Trinajstić information content (AvgIpc) is 2.47. The lowest BCUT2D eigenvalue weighted by Gasteiger charge is -2.33. The van der Waals surface area contributed by atoms with Crippen molar-refractivity contribution in [2.75, 3.05) is 18.1 Å². The molecule has 3 N–H and O–H groups in total. The first-order valence-electron chi connectivity index (χ1n) is 6.56. The molecule has 1 amide bonds. The van der Waals surface area contributed by atoms with Crippen molar-refractivity contribution in [1.82, 2.24) is 4.90 Å². The van der Waals surface area contributed by atoms with E-state index in [1.54, 1.807) is 12.1 Å². The van der Waals surface area contributed by atoms with Crippen LogP contribution in [0.1, 0.15) is 18.1 Å². The maximum absolute atomic E-state index is 12.3. The molecule has 1 heterocycles. The minimum absolute atomic E-state index is 0.0737. The fourth-order valence-electron chi connectivity index (χ4n) is 2.22. The molecule has 5 nitrogen and oxygen atoms in total. The Morgan fingerprint density at radius 1 is 1.50 bits per heavy atom. The summed E-state index contributed by atoms with van der Waals surface area (Å²) in [6.07, 6.45) is 0.394. The van der Waals surface area contributed by atoms with Crippen molar-refractivity contribution in [3.63, 3.8) is 0 Å². The van der Waals surface area contributed by atoms with E-state index in [1.165, 1.54) is 0 Å². The third-order valence-electron chi connectivity index (χ3n) is 3.40. The molecule has 0 saturated carbocycles. The smallest absolute Gasteiger partial charge is 0.227 e. The molecule has 0 radical (unpaired) electrons. The lowest BCUT2D eigenvalue weighted by molar-refractivity contribution is -0.131. The number of nitrogens with zero attached hydrogens (tertiary/aromatic N) is 2. The molecular formula is C14H19N3O2S. The third-order valence-corrected chi connectivity index (χ3v) is 4.59. The molecule has 0 aliphatic carbocycles. The SMILES string of the molecule is CC1CSCCN1C(=O)Cc1ccc(C(N)=NO)cc1. The molecule has 0 spiro atoms. The van der Waals surface area contributed by atoms with Crippen LogP contribution < -0.4 is 5.73 Å². The first-order valence-corrected chi connectivity index (χ1v) is 7.71. The van der Waals surface area contributed by atoms with Gasteiger partial charge < -0.3 is 15.8 Å². The molecule has 1 aromatic carbocycles. The van der Waals surface area contributed by atoms with Gasteiger partial charge >= 0.3 is 0 Å². The molecule has 2 rings (SSSR count). The van der Waals surface area contributed by atoms with Crippen LogP contribution in [0.15, 0.2) is 29.4 Å². The lowest BCUT2D eigenvalue weighted by Crippen LogP contribution is -2.45. The molecule has 0 bridgehead atoms. The van der Waals surface area contributed by atoms with E-state index in [4.69, 9.17) is 10.9 Å². The molecule has 0 aromatic heterocycles. The van der Waals surface area contributed by atoms with Crippen molar-refractivity contribution in [2.24, 2.45) is 10.9 Å². The summed E-state index contributed by atoms with van der Waals surface area (Å²) in [5.41, 5.74) is 7.09. The lowest BCUT2D eigenvalue weighted by atomic mass is 10.1. The highest BCUT2D eigenvalue weighted by Crippen LogP contribution is 2.17. The number of hydrogen-bond acceptors (Lipinski definition) is 4. The monoisotopic (exact) mass is 293 g/mol. The Morgan fingerprint density at radius 3 is 2.80 bits per heavy atom. The van der Waals surface area contributed by atoms with Crippen molar-refractivity contribution < 1.29 is 10.0 Å². The van der Waals surface area contributed by atoms with Crippen molar-refractivity contribution in [1.29, 1.82) is 0 Å². The van der Waals surface area contributed by atoms with E-state index >= 15 is 0 Å². The highest BCUT2D eigenvalue weighted by Gasteiger charge is 2.23. The number of nitrogens with two attached hydrogens (primary N) is 1. The molecule has 1 aliphatic rings. The van der Waals surface area contributed by atoms with Gasteiger partial charge in [0.2, 0.25) is 5.91 Å². The Labute approximate surface area is 122 Å². The highest BCUT2D eigenvalue weighted by molar-refractivity contribution is 7.99. The van der Waals surface area contributed by atoms with Crippen molar-refractivity contribution in [3.8, 4) is 0 Å². The van der Waals surface area contributed by atoms with Gasteiger partial charge in [0.25, 0.3) is 0 Å². The fraction of sp³-hybridized carbons (Fsp3) is 0.429. The highest BCUT2D eigenvalue weighted by atomic mass is 32.2. The summed E-state index contributed by atoms with van der Waals surface area (Å²) in [6, 6.07) is 7.50. The Morgan fingerprint density at radius 2 is 2.20 bits per heavy atom. The minimum Gasteiger partial charge on any atom is -0.409 e. The summed E-state index contributed by atoms with van der Waals surface area (Å²) < 4.78 is 0. The standard InChI is InChI=1S/C14H19N3O2S/c1-10-9-20-7-6-17(10)13(18)8-11-2-4-12(5-3-11)14(15)16-19/h2-5,10,19H,6-9H2,1H3,(H2,15,16). The number of thioether (sulfide) groups is 1. The third kappa shape index (κ3) is 3.45. The van der Waals surface area contributed by atoms with Gasteiger partial charge in [0.1, 0.15) is 0 Å². The Bertz CT molecular complexity index is 502. The maximum Gasteiger partial charge on any atom is 0.227 e. The molecule has 1 aromatic rings. The molecule has 1 atom stereocenters. The van der Waals surface area contributed by atoms with Crippen LogP contribution in [-0.4, -0.2) is 45.9 Å². The van der Waals surface area contributed by atoms with Gasteiger partial charge in [-0.25, -0.2) is 0 Å². The zero-order valence-electron chi connectivity index (χ0n) is 11.5. The topological polar surface area (TPSA) is 78.9 Å². The van der Waals surface area contributed by atoms with E-state index in [2.05, 4.69) is 12.1 Å². The van der Waals surface area contributed by atoms with Gasteiger partial charge in [0, 0.05) is 29.7 Å². The summed E-state index contributed by atoms with van der Waals surface area (Å²) in [4.78, 5) is 14.2. The number of amidine groups is 1. The fourth-order valence-corrected chi connectivity index (χ4v) is 3.24. The quantitative estimate of drug-likeness (QED) is 0.381. The van der Waals surface area contributed by atoms with Gasteiger partial charge in [-0.3, -0.25) is 4.79 Å². The zero-order chi connectivity index (χ0) is 14.5. The van der Waals surface area contributed by atoms with Crippen molar-refractivity contribution >= 4 is 23.5 Å². The van der Waals surface area contributed by atoms with E-state index < -0.39 is 0 Å². The number of oxime groups is 1. The van der Waals surface area contributed by atoms with E-state index in [-0.39, 0.29) is 11.7 Å². The number of carbonyl (C=O) groups is 1. The minimum atomic E-state index is 0.0737. The van der Waals surface area contributed by atoms with E-state index in [0.717, 1.165) is 23.6 Å². The second-order valence-corrected chi connectivity index (χ2v) is 6.02. The van der Waals surface area contributed by atoms with Crippen LogP contribution in [0.3, 0.4) is 0 Å². The predicted molar refractivity (Wildman–Crippen MR) is 81.2 cm³/mol. The van der Waals surface area contributed by atoms with Crippen LogP contribution >= 0.6 is 11.8 Å². The molecule has 1 unspecified atom stereocenters. The normalized spacial score (nSPS) is 19.9. The molecule has 6 heteroatoms. The summed E-state index contributed by atoms with van der Waals surface area (Å²) in [6.45, 7) is 2.92. The molecule has 108 valence electrons. The average molecular weight is 293 g/mol. The van der Waals surface area contributed by atoms with Crippen LogP contribution in [0.5, 0.6) is 0 Å². The summed E-state index contributed by atoms with van der Waals surface area (Å²) in [7, 11) is 0. The van der Waals surface area contributed by atoms with Crippen LogP contribution in [0.4, 0.5) is 0 Å². The van der Waals surface area contributed by atoms with E-state index in [1.807, 2.05) is 28.8 Å². The molecule has 20 heavy (non-hydrogen) atoms. The van der Waals surface area contributed by atoms with Gasteiger partial charge in [-0.2, -0.15) is 11.8 Å². The number of rotatable bonds is 3. The van der Waals surface area contributed by atoms with Crippen molar-refractivity contribution in [2.45, 2.75) is 19.4 Å². The summed E-state index contributed by atoms with van der Waals surface area (Å²) >= 11 is 1.89. The number of hydrogen-bond donors (Lipinski definition) is 2. The van der Waals surface area contributed by atoms with Gasteiger partial charge in [-0.1, -0.05) is 29.4 Å². The van der Waals surface area contributed by atoms with E-state index in [9.17, 15) is 4.79 Å². The zero-order valence-corrected chi connectivity index (χ0v) is 12.3. The summed E-state index contributed by atoms with van der Waals surface area (Å²) in [5.74, 6) is 2.26. The molecule has 1 saturated heterocycles. The van der Waals surface area contributed by atoms with Gasteiger partial charge in [0.05, 0.1) is 6.42 Å². The Kier molecular flexibility index (Phi) is 4.89. The van der Waals surface area contributed by atoms with Crippen molar-refractivity contribution in [3.05, 3.63) is 35.4 Å². The second-order valence-electron chi connectivity index (χ2n) is 4.87. The van der Waals surface area contributed by atoms with Crippen LogP contribution in [0.2, 0.25) is 0 Å². The number of amides is 1. The first kappa shape index (κ1) is 14.7. The van der Waals surface area contributed by atoms with Crippen LogP contribution in [-0.2, 0) is 11.2 Å². The van der Waals surface area contributed by atoms with Gasteiger partial charge in [0.15, 0.2) is 5.84 Å². The van der Waals surface area contributed by atoms with E-state index in [0.29, 0.717) is 18.0 Å². The Balaban J connectivity index is 2.00. The van der Waals surface area contributed by atoms with Gasteiger partial charge in [-0.15, -0.1) is 0 Å².